The van der Waals surface area contributed by atoms with Gasteiger partial charge in [0.15, 0.2) is 0 Å². The first-order valence-corrected chi connectivity index (χ1v) is 5.15. The van der Waals surface area contributed by atoms with Gasteiger partial charge in [-0.3, -0.25) is 0 Å². The zero-order valence-corrected chi connectivity index (χ0v) is 8.34. The van der Waals surface area contributed by atoms with E-state index in [1.807, 2.05) is 0 Å². The van der Waals surface area contributed by atoms with E-state index in [9.17, 15) is 0 Å². The molecule has 0 spiro atoms. The van der Waals surface area contributed by atoms with Crippen LogP contribution in [-0.4, -0.2) is 19.1 Å². The third-order valence-corrected chi connectivity index (χ3v) is 2.69. The van der Waals surface area contributed by atoms with Crippen molar-refractivity contribution in [3.8, 4) is 0 Å². The Labute approximate surface area is 75.9 Å². The van der Waals surface area contributed by atoms with Crippen LogP contribution in [0.5, 0.6) is 0 Å². The first-order valence-electron chi connectivity index (χ1n) is 5.15. The lowest BCUT2D eigenvalue weighted by molar-refractivity contribution is 0.268. The van der Waals surface area contributed by atoms with Crippen molar-refractivity contribution in [1.82, 2.24) is 5.32 Å². The summed E-state index contributed by atoms with van der Waals surface area (Å²) in [6.07, 6.45) is 4.00. The molecule has 72 valence electrons. The number of hydrogen-bond acceptors (Lipinski definition) is 2. The van der Waals surface area contributed by atoms with E-state index in [0.29, 0.717) is 6.04 Å². The van der Waals surface area contributed by atoms with E-state index in [0.717, 1.165) is 18.4 Å². The molecule has 1 heterocycles. The van der Waals surface area contributed by atoms with Crippen LogP contribution in [0.25, 0.3) is 0 Å². The number of rotatable bonds is 3. The Morgan fingerprint density at radius 2 is 2.25 bits per heavy atom. The smallest absolute Gasteiger partial charge is 0.0192 e. The maximum absolute atomic E-state index is 5.63. The summed E-state index contributed by atoms with van der Waals surface area (Å²) in [4.78, 5) is 0. The van der Waals surface area contributed by atoms with Crippen LogP contribution in [-0.2, 0) is 0 Å². The number of hydrogen-bond donors (Lipinski definition) is 2. The molecule has 2 unspecified atom stereocenters. The molecule has 0 aromatic carbocycles. The minimum absolute atomic E-state index is 0.586. The fraction of sp³-hybridized carbons (Fsp3) is 1.00. The van der Waals surface area contributed by atoms with Gasteiger partial charge >= 0.3 is 0 Å². The molecule has 0 amide bonds. The van der Waals surface area contributed by atoms with E-state index in [-0.39, 0.29) is 0 Å². The van der Waals surface area contributed by atoms with Gasteiger partial charge in [-0.15, -0.1) is 0 Å². The average molecular weight is 170 g/mol. The normalized spacial score (nSPS) is 31.0. The van der Waals surface area contributed by atoms with Gasteiger partial charge in [-0.2, -0.15) is 0 Å². The summed E-state index contributed by atoms with van der Waals surface area (Å²) in [7, 11) is 0. The van der Waals surface area contributed by atoms with Crippen molar-refractivity contribution in [2.75, 3.05) is 13.1 Å². The van der Waals surface area contributed by atoms with E-state index < -0.39 is 0 Å². The SMILES string of the molecule is CC(C)CC1CCNC(CN)C1. The first-order chi connectivity index (χ1) is 5.72. The van der Waals surface area contributed by atoms with Crippen molar-refractivity contribution >= 4 is 0 Å². The largest absolute Gasteiger partial charge is 0.329 e. The molecule has 2 nitrogen and oxygen atoms in total. The summed E-state index contributed by atoms with van der Waals surface area (Å²) in [5.74, 6) is 1.76. The maximum Gasteiger partial charge on any atom is 0.0192 e. The van der Waals surface area contributed by atoms with Crippen LogP contribution in [0, 0.1) is 11.8 Å². The summed E-state index contributed by atoms with van der Waals surface area (Å²) in [6.45, 7) is 6.58. The van der Waals surface area contributed by atoms with E-state index in [1.165, 1.54) is 25.8 Å². The molecule has 1 aliphatic heterocycles. The van der Waals surface area contributed by atoms with E-state index >= 15 is 0 Å². The molecule has 1 aliphatic rings. The van der Waals surface area contributed by atoms with Gasteiger partial charge in [-0.05, 0) is 37.6 Å². The molecule has 2 atom stereocenters. The molecule has 0 radical (unpaired) electrons. The molecule has 0 aromatic heterocycles. The van der Waals surface area contributed by atoms with Gasteiger partial charge < -0.3 is 11.1 Å². The Morgan fingerprint density at radius 3 is 2.83 bits per heavy atom. The molecule has 0 bridgehead atoms. The van der Waals surface area contributed by atoms with Crippen LogP contribution in [0.1, 0.15) is 33.1 Å². The molecular formula is C10H22N2. The third-order valence-electron chi connectivity index (χ3n) is 2.69. The zero-order chi connectivity index (χ0) is 8.97. The molecule has 0 saturated carbocycles. The molecular weight excluding hydrogens is 148 g/mol. The van der Waals surface area contributed by atoms with Crippen molar-refractivity contribution in [3.63, 3.8) is 0 Å². The minimum atomic E-state index is 0.586. The number of piperidine rings is 1. The van der Waals surface area contributed by atoms with Crippen molar-refractivity contribution in [3.05, 3.63) is 0 Å². The molecule has 0 aromatic rings. The lowest BCUT2D eigenvalue weighted by Gasteiger charge is -2.30. The minimum Gasteiger partial charge on any atom is -0.329 e. The molecule has 0 aliphatic carbocycles. The Bertz CT molecular complexity index is 123. The monoisotopic (exact) mass is 170 g/mol. The fourth-order valence-electron chi connectivity index (χ4n) is 2.16. The highest BCUT2D eigenvalue weighted by molar-refractivity contribution is 4.79. The number of nitrogens with one attached hydrogen (secondary N) is 1. The highest BCUT2D eigenvalue weighted by Gasteiger charge is 2.20. The second-order valence-electron chi connectivity index (χ2n) is 4.41. The summed E-state index contributed by atoms with van der Waals surface area (Å²) < 4.78 is 0. The van der Waals surface area contributed by atoms with E-state index in [1.54, 1.807) is 0 Å². The van der Waals surface area contributed by atoms with Crippen LogP contribution < -0.4 is 11.1 Å². The molecule has 12 heavy (non-hydrogen) atoms. The van der Waals surface area contributed by atoms with Gasteiger partial charge in [0.2, 0.25) is 0 Å². The lowest BCUT2D eigenvalue weighted by Crippen LogP contribution is -2.43. The fourth-order valence-corrected chi connectivity index (χ4v) is 2.16. The summed E-state index contributed by atoms with van der Waals surface area (Å²) in [5, 5.41) is 3.45. The predicted molar refractivity (Wildman–Crippen MR) is 53.0 cm³/mol. The second-order valence-corrected chi connectivity index (χ2v) is 4.41. The quantitative estimate of drug-likeness (QED) is 0.671. The molecule has 1 fully saturated rings. The Balaban J connectivity index is 2.25. The molecule has 1 rings (SSSR count). The highest BCUT2D eigenvalue weighted by Crippen LogP contribution is 2.22. The predicted octanol–water partition coefficient (Wildman–Crippen LogP) is 1.36. The van der Waals surface area contributed by atoms with Crippen LogP contribution in [0.2, 0.25) is 0 Å². The summed E-state index contributed by atoms with van der Waals surface area (Å²) in [5.41, 5.74) is 5.63. The van der Waals surface area contributed by atoms with Crippen molar-refractivity contribution in [1.29, 1.82) is 0 Å². The number of nitrogens with two attached hydrogens (primary N) is 1. The lowest BCUT2D eigenvalue weighted by atomic mass is 9.86. The second kappa shape index (κ2) is 4.83. The summed E-state index contributed by atoms with van der Waals surface area (Å²) in [6, 6.07) is 0.586. The van der Waals surface area contributed by atoms with Crippen LogP contribution in [0.15, 0.2) is 0 Å². The Kier molecular flexibility index (Phi) is 4.02. The van der Waals surface area contributed by atoms with Crippen molar-refractivity contribution in [2.24, 2.45) is 17.6 Å². The maximum atomic E-state index is 5.63. The van der Waals surface area contributed by atoms with Crippen LogP contribution >= 0.6 is 0 Å². The third kappa shape index (κ3) is 3.11. The average Bonchev–Trinajstić information content (AvgIpc) is 2.03. The van der Waals surface area contributed by atoms with Gasteiger partial charge in [0.25, 0.3) is 0 Å². The molecule has 3 N–H and O–H groups in total. The topological polar surface area (TPSA) is 38.0 Å². The molecule has 2 heteroatoms. The zero-order valence-electron chi connectivity index (χ0n) is 8.34. The Morgan fingerprint density at radius 1 is 1.50 bits per heavy atom. The van der Waals surface area contributed by atoms with Gasteiger partial charge in [0.1, 0.15) is 0 Å². The van der Waals surface area contributed by atoms with Gasteiger partial charge in [0.05, 0.1) is 0 Å². The van der Waals surface area contributed by atoms with E-state index in [2.05, 4.69) is 19.2 Å². The molecule has 1 saturated heterocycles. The van der Waals surface area contributed by atoms with Gasteiger partial charge in [-0.1, -0.05) is 13.8 Å². The van der Waals surface area contributed by atoms with E-state index in [4.69, 9.17) is 5.73 Å². The summed E-state index contributed by atoms with van der Waals surface area (Å²) >= 11 is 0. The van der Waals surface area contributed by atoms with Gasteiger partial charge in [-0.25, -0.2) is 0 Å². The van der Waals surface area contributed by atoms with Crippen LogP contribution in [0.4, 0.5) is 0 Å². The van der Waals surface area contributed by atoms with Crippen molar-refractivity contribution < 1.29 is 0 Å². The first kappa shape index (κ1) is 10.0. The van der Waals surface area contributed by atoms with Crippen molar-refractivity contribution in [2.45, 2.75) is 39.2 Å². The van der Waals surface area contributed by atoms with Crippen LogP contribution in [0.3, 0.4) is 0 Å². The standard InChI is InChI=1S/C10H22N2/c1-8(2)5-9-3-4-12-10(6-9)7-11/h8-10,12H,3-7,11H2,1-2H3. The Hall–Kier alpha value is -0.0800. The van der Waals surface area contributed by atoms with Gasteiger partial charge in [0, 0.05) is 12.6 Å². The highest BCUT2D eigenvalue weighted by atomic mass is 14.9.